The Labute approximate surface area is 47.4 Å². The first-order chi connectivity index (χ1) is 3.71. The van der Waals surface area contributed by atoms with Gasteiger partial charge in [0.2, 0.25) is 0 Å². The first kappa shape index (κ1) is 5.37. The largest absolute Gasteiger partial charge is 0.387 e. The maximum Gasteiger partial charge on any atom is 0.331 e. The van der Waals surface area contributed by atoms with Crippen molar-refractivity contribution in [2.75, 3.05) is 0 Å². The van der Waals surface area contributed by atoms with Crippen LogP contribution >= 0.6 is 0 Å². The molecule has 1 heterocycles. The second-order valence-corrected chi connectivity index (χ2v) is 2.70. The van der Waals surface area contributed by atoms with E-state index in [0.717, 1.165) is 11.7 Å². The molecule has 0 saturated heterocycles. The van der Waals surface area contributed by atoms with E-state index in [1.165, 1.54) is 12.2 Å². The third-order valence-corrected chi connectivity index (χ3v) is 1.49. The number of hydrogen-bond acceptors (Lipinski definition) is 3. The summed E-state index contributed by atoms with van der Waals surface area (Å²) in [6.07, 6.45) is 4.02. The van der Waals surface area contributed by atoms with E-state index in [4.69, 9.17) is 0 Å². The van der Waals surface area contributed by atoms with Crippen LogP contribution in [0.3, 0.4) is 0 Å². The molecule has 0 aromatic carbocycles. The topological polar surface area (TPSA) is 43.4 Å². The zero-order valence-corrected chi connectivity index (χ0v) is 4.76. The molecule has 44 valence electrons. The molecule has 0 aromatic heterocycles. The zero-order chi connectivity index (χ0) is 6.04. The summed E-state index contributed by atoms with van der Waals surface area (Å²) >= 11 is 0. The van der Waals surface area contributed by atoms with E-state index in [2.05, 4.69) is 4.18 Å². The average Bonchev–Trinajstić information content (AvgIpc) is 1.65. The van der Waals surface area contributed by atoms with Crippen LogP contribution in [0.25, 0.3) is 0 Å². The van der Waals surface area contributed by atoms with Gasteiger partial charge in [-0.3, -0.25) is 0 Å². The molecule has 0 radical (unpaired) electrons. The lowest BCUT2D eigenvalue weighted by atomic mass is 10.6. The Morgan fingerprint density at radius 1 is 1.25 bits per heavy atom. The fourth-order valence-corrected chi connectivity index (χ4v) is 0.895. The third kappa shape index (κ3) is 1.10. The molecule has 3 nitrogen and oxygen atoms in total. The van der Waals surface area contributed by atoms with Crippen molar-refractivity contribution < 1.29 is 12.6 Å². The normalized spacial score (nSPS) is 22.5. The van der Waals surface area contributed by atoms with Crippen molar-refractivity contribution in [3.8, 4) is 0 Å². The minimum absolute atomic E-state index is 0.993. The van der Waals surface area contributed by atoms with Gasteiger partial charge in [-0.05, 0) is 12.2 Å². The minimum atomic E-state index is -3.35. The van der Waals surface area contributed by atoms with Gasteiger partial charge >= 0.3 is 10.1 Å². The summed E-state index contributed by atoms with van der Waals surface area (Å²) in [7, 11) is -3.35. The fourth-order valence-electron chi connectivity index (χ4n) is 0.329. The first-order valence-electron chi connectivity index (χ1n) is 1.97. The molecule has 0 saturated carbocycles. The summed E-state index contributed by atoms with van der Waals surface area (Å²) in [5.74, 6) is 0. The molecule has 0 amide bonds. The van der Waals surface area contributed by atoms with E-state index >= 15 is 0 Å². The molecule has 0 unspecified atom stereocenters. The lowest BCUT2D eigenvalue weighted by molar-refractivity contribution is 0.451. The zero-order valence-electron chi connectivity index (χ0n) is 3.94. The van der Waals surface area contributed by atoms with Crippen LogP contribution in [0.2, 0.25) is 0 Å². The molecule has 4 heteroatoms. The molecule has 1 aliphatic rings. The lowest BCUT2D eigenvalue weighted by Gasteiger charge is -1.97. The predicted octanol–water partition coefficient (Wildman–Crippen LogP) is 0.374. The molecule has 0 aromatic rings. The standard InChI is InChI=1S/C4H4O3S/c5-8(6)4-2-1-3-7-8/h1-4H. The average molecular weight is 132 g/mol. The summed E-state index contributed by atoms with van der Waals surface area (Å²) in [6, 6.07) is 0. The number of allylic oxidation sites excluding steroid dienone is 2. The Morgan fingerprint density at radius 3 is 2.25 bits per heavy atom. The maximum atomic E-state index is 10.3. The van der Waals surface area contributed by atoms with E-state index < -0.39 is 10.1 Å². The second-order valence-electron chi connectivity index (χ2n) is 1.25. The van der Waals surface area contributed by atoms with Gasteiger partial charge in [0.1, 0.15) is 6.26 Å². The van der Waals surface area contributed by atoms with Crippen LogP contribution in [-0.4, -0.2) is 8.42 Å². The highest BCUT2D eigenvalue weighted by molar-refractivity contribution is 7.89. The summed E-state index contributed by atoms with van der Waals surface area (Å²) in [4.78, 5) is 0. The van der Waals surface area contributed by atoms with Crippen LogP contribution < -0.4 is 0 Å². The monoisotopic (exact) mass is 132 g/mol. The quantitative estimate of drug-likeness (QED) is 0.447. The van der Waals surface area contributed by atoms with Crippen LogP contribution in [0.5, 0.6) is 0 Å². The van der Waals surface area contributed by atoms with Gasteiger partial charge in [-0.15, -0.1) is 0 Å². The highest BCUT2D eigenvalue weighted by Crippen LogP contribution is 2.01. The van der Waals surface area contributed by atoms with Crippen LogP contribution in [0.15, 0.2) is 23.8 Å². The SMILES string of the molecule is O=S1(=O)C=CC=CO1. The van der Waals surface area contributed by atoms with Crippen molar-refractivity contribution in [2.24, 2.45) is 0 Å². The number of rotatable bonds is 0. The third-order valence-electron chi connectivity index (χ3n) is 0.625. The van der Waals surface area contributed by atoms with Crippen molar-refractivity contribution in [1.82, 2.24) is 0 Å². The molecule has 0 spiro atoms. The Hall–Kier alpha value is -0.770. The summed E-state index contributed by atoms with van der Waals surface area (Å²) in [5.41, 5.74) is 0. The molecular formula is C4H4O3S. The molecule has 0 fully saturated rings. The Balaban J connectivity index is 2.98. The van der Waals surface area contributed by atoms with E-state index in [-0.39, 0.29) is 0 Å². The van der Waals surface area contributed by atoms with Crippen molar-refractivity contribution in [1.29, 1.82) is 0 Å². The van der Waals surface area contributed by atoms with Crippen LogP contribution in [0.4, 0.5) is 0 Å². The van der Waals surface area contributed by atoms with Gasteiger partial charge in [0.25, 0.3) is 0 Å². The highest BCUT2D eigenvalue weighted by atomic mass is 32.2. The van der Waals surface area contributed by atoms with Crippen LogP contribution in [-0.2, 0) is 14.3 Å². The first-order valence-corrected chi connectivity index (χ1v) is 3.44. The van der Waals surface area contributed by atoms with Crippen molar-refractivity contribution in [3.63, 3.8) is 0 Å². The van der Waals surface area contributed by atoms with Crippen LogP contribution in [0.1, 0.15) is 0 Å². The molecular weight excluding hydrogens is 128 g/mol. The highest BCUT2D eigenvalue weighted by Gasteiger charge is 2.03. The maximum absolute atomic E-state index is 10.3. The molecule has 0 atom stereocenters. The van der Waals surface area contributed by atoms with E-state index in [1.54, 1.807) is 0 Å². The summed E-state index contributed by atoms with van der Waals surface area (Å²) < 4.78 is 24.8. The van der Waals surface area contributed by atoms with Gasteiger partial charge in [-0.2, -0.15) is 8.42 Å². The van der Waals surface area contributed by atoms with Crippen molar-refractivity contribution in [2.45, 2.75) is 0 Å². The van der Waals surface area contributed by atoms with Crippen LogP contribution in [0, 0.1) is 0 Å². The smallest absolute Gasteiger partial charge is 0.331 e. The molecule has 0 bridgehead atoms. The molecule has 0 N–H and O–H groups in total. The van der Waals surface area contributed by atoms with E-state index in [1.807, 2.05) is 0 Å². The van der Waals surface area contributed by atoms with Gasteiger partial charge in [0.05, 0.1) is 5.41 Å². The Kier molecular flexibility index (Phi) is 1.09. The van der Waals surface area contributed by atoms with Crippen molar-refractivity contribution in [3.05, 3.63) is 23.8 Å². The summed E-state index contributed by atoms with van der Waals surface area (Å²) in [6.45, 7) is 0. The fraction of sp³-hybridized carbons (Fsp3) is 0. The van der Waals surface area contributed by atoms with Gasteiger partial charge in [0, 0.05) is 0 Å². The Morgan fingerprint density at radius 2 is 2.00 bits per heavy atom. The van der Waals surface area contributed by atoms with Gasteiger partial charge < -0.3 is 4.18 Å². The van der Waals surface area contributed by atoms with Gasteiger partial charge in [0.15, 0.2) is 0 Å². The Bertz CT molecular complexity index is 222. The van der Waals surface area contributed by atoms with Crippen molar-refractivity contribution >= 4 is 10.1 Å². The molecule has 1 aliphatic heterocycles. The second kappa shape index (κ2) is 1.63. The predicted molar refractivity (Wildman–Crippen MR) is 28.3 cm³/mol. The van der Waals surface area contributed by atoms with E-state index in [0.29, 0.717) is 0 Å². The van der Waals surface area contributed by atoms with E-state index in [9.17, 15) is 8.42 Å². The summed E-state index contributed by atoms with van der Waals surface area (Å²) in [5, 5.41) is 0.993. The lowest BCUT2D eigenvalue weighted by Crippen LogP contribution is -1.97. The van der Waals surface area contributed by atoms with Gasteiger partial charge in [-0.1, -0.05) is 0 Å². The number of hydrogen-bond donors (Lipinski definition) is 0. The van der Waals surface area contributed by atoms with Gasteiger partial charge in [-0.25, -0.2) is 0 Å². The minimum Gasteiger partial charge on any atom is -0.387 e. The molecule has 1 rings (SSSR count). The molecule has 8 heavy (non-hydrogen) atoms. The molecule has 0 aliphatic carbocycles.